The summed E-state index contributed by atoms with van der Waals surface area (Å²) in [6, 6.07) is 0. The zero-order valence-corrected chi connectivity index (χ0v) is 12.0. The minimum Gasteiger partial charge on any atom is -0.444 e. The van der Waals surface area contributed by atoms with Crippen molar-refractivity contribution in [3.63, 3.8) is 0 Å². The summed E-state index contributed by atoms with van der Waals surface area (Å²) >= 11 is 0. The van der Waals surface area contributed by atoms with Crippen molar-refractivity contribution in [2.24, 2.45) is 5.41 Å². The number of epoxide rings is 1. The van der Waals surface area contributed by atoms with Crippen LogP contribution < -0.4 is 5.32 Å². The maximum atomic E-state index is 11.7. The van der Waals surface area contributed by atoms with E-state index in [1.807, 2.05) is 20.8 Å². The first-order chi connectivity index (χ1) is 8.87. The fourth-order valence-electron chi connectivity index (χ4n) is 3.21. The quantitative estimate of drug-likeness (QED) is 0.794. The van der Waals surface area contributed by atoms with E-state index in [9.17, 15) is 4.79 Å². The Morgan fingerprint density at radius 2 is 2.11 bits per heavy atom. The van der Waals surface area contributed by atoms with Gasteiger partial charge in [-0.2, -0.15) is 0 Å². The van der Waals surface area contributed by atoms with Gasteiger partial charge in [-0.05, 0) is 33.6 Å². The lowest BCUT2D eigenvalue weighted by molar-refractivity contribution is 0.0477. The van der Waals surface area contributed by atoms with Crippen LogP contribution in [-0.2, 0) is 14.2 Å². The summed E-state index contributed by atoms with van der Waals surface area (Å²) in [6.45, 7) is 7.74. The van der Waals surface area contributed by atoms with Gasteiger partial charge in [0, 0.05) is 25.0 Å². The molecule has 1 aliphatic carbocycles. The minimum atomic E-state index is -0.448. The molecule has 0 aromatic carbocycles. The zero-order chi connectivity index (χ0) is 13.7. The van der Waals surface area contributed by atoms with Crippen molar-refractivity contribution in [1.82, 2.24) is 5.32 Å². The summed E-state index contributed by atoms with van der Waals surface area (Å²) in [5, 5.41) is 2.91. The molecule has 2 saturated heterocycles. The molecule has 5 nitrogen and oxygen atoms in total. The van der Waals surface area contributed by atoms with Crippen molar-refractivity contribution in [3.05, 3.63) is 0 Å². The van der Waals surface area contributed by atoms with Crippen molar-refractivity contribution in [2.45, 2.75) is 57.3 Å². The second-order valence-corrected chi connectivity index (χ2v) is 6.96. The van der Waals surface area contributed by atoms with Crippen LogP contribution in [0.1, 0.15) is 40.0 Å². The van der Waals surface area contributed by atoms with Crippen LogP contribution in [0.25, 0.3) is 0 Å². The fourth-order valence-corrected chi connectivity index (χ4v) is 3.21. The van der Waals surface area contributed by atoms with Gasteiger partial charge >= 0.3 is 6.09 Å². The van der Waals surface area contributed by atoms with E-state index in [1.54, 1.807) is 0 Å². The van der Waals surface area contributed by atoms with Crippen LogP contribution in [0, 0.1) is 5.41 Å². The van der Waals surface area contributed by atoms with Gasteiger partial charge in [-0.1, -0.05) is 0 Å². The van der Waals surface area contributed by atoms with E-state index in [1.165, 1.54) is 0 Å². The van der Waals surface area contributed by atoms with Crippen LogP contribution in [0.3, 0.4) is 0 Å². The molecule has 0 aromatic heterocycles. The summed E-state index contributed by atoms with van der Waals surface area (Å²) in [7, 11) is 0. The van der Waals surface area contributed by atoms with Crippen LogP contribution in [-0.4, -0.2) is 43.2 Å². The number of amides is 1. The maximum Gasteiger partial charge on any atom is 0.407 e. The number of carbonyl (C=O) groups excluding carboxylic acids is 1. The Kier molecular flexibility index (Phi) is 2.84. The molecule has 2 aliphatic heterocycles. The first kappa shape index (κ1) is 13.2. The van der Waals surface area contributed by atoms with E-state index in [0.717, 1.165) is 25.9 Å². The lowest BCUT2D eigenvalue weighted by Gasteiger charge is -2.28. The molecule has 2 unspecified atom stereocenters. The monoisotopic (exact) mass is 269 g/mol. The normalized spacial score (nSPS) is 35.2. The standard InChI is InChI=1S/C14H23NO4/c1-12(2,3)19-11(16)15-9-13(4-5-13)14-6-7-17-8-10(14)18-14/h10H,4-9H2,1-3H3,(H,15,16). The highest BCUT2D eigenvalue weighted by molar-refractivity contribution is 5.67. The molecule has 108 valence electrons. The van der Waals surface area contributed by atoms with Crippen LogP contribution in [0.15, 0.2) is 0 Å². The third kappa shape index (κ3) is 2.34. The summed E-state index contributed by atoms with van der Waals surface area (Å²) in [6.07, 6.45) is 3.11. The average Bonchev–Trinajstić information content (AvgIpc) is 3.18. The van der Waals surface area contributed by atoms with Gasteiger partial charge < -0.3 is 19.5 Å². The molecule has 2 heterocycles. The molecule has 5 heteroatoms. The summed E-state index contributed by atoms with van der Waals surface area (Å²) in [5.41, 5.74) is -0.352. The molecule has 3 fully saturated rings. The van der Waals surface area contributed by atoms with Gasteiger partial charge in [-0.15, -0.1) is 0 Å². The van der Waals surface area contributed by atoms with Crippen LogP contribution in [0.5, 0.6) is 0 Å². The molecule has 2 atom stereocenters. The molecule has 0 aromatic rings. The third-order valence-electron chi connectivity index (χ3n) is 4.42. The Hall–Kier alpha value is -0.810. The molecule has 3 aliphatic rings. The fraction of sp³-hybridized carbons (Fsp3) is 0.929. The van der Waals surface area contributed by atoms with Gasteiger partial charge in [0.05, 0.1) is 6.61 Å². The van der Waals surface area contributed by atoms with E-state index in [2.05, 4.69) is 5.32 Å². The number of nitrogens with one attached hydrogen (secondary N) is 1. The predicted octanol–water partition coefficient (Wildman–Crippen LogP) is 1.85. The molecule has 0 spiro atoms. The van der Waals surface area contributed by atoms with Crippen molar-refractivity contribution in [1.29, 1.82) is 0 Å². The molecule has 1 N–H and O–H groups in total. The highest BCUT2D eigenvalue weighted by Crippen LogP contribution is 2.66. The summed E-state index contributed by atoms with van der Waals surface area (Å²) < 4.78 is 16.6. The van der Waals surface area contributed by atoms with Gasteiger partial charge in [-0.25, -0.2) is 4.79 Å². The lowest BCUT2D eigenvalue weighted by Crippen LogP contribution is -2.44. The molecular weight excluding hydrogens is 246 g/mol. The molecular formula is C14H23NO4. The van der Waals surface area contributed by atoms with E-state index >= 15 is 0 Å². The Labute approximate surface area is 114 Å². The van der Waals surface area contributed by atoms with Crippen molar-refractivity contribution < 1.29 is 19.0 Å². The number of carbonyl (C=O) groups is 1. The van der Waals surface area contributed by atoms with Gasteiger partial charge in [0.15, 0.2) is 0 Å². The van der Waals surface area contributed by atoms with Gasteiger partial charge in [0.25, 0.3) is 0 Å². The predicted molar refractivity (Wildman–Crippen MR) is 68.9 cm³/mol. The number of hydrogen-bond acceptors (Lipinski definition) is 4. The second kappa shape index (κ2) is 4.09. The molecule has 0 radical (unpaired) electrons. The lowest BCUT2D eigenvalue weighted by atomic mass is 9.82. The van der Waals surface area contributed by atoms with Gasteiger partial charge in [-0.3, -0.25) is 0 Å². The van der Waals surface area contributed by atoms with Crippen LogP contribution >= 0.6 is 0 Å². The van der Waals surface area contributed by atoms with Crippen LogP contribution in [0.4, 0.5) is 4.79 Å². The average molecular weight is 269 g/mol. The number of ether oxygens (including phenoxy) is 3. The smallest absolute Gasteiger partial charge is 0.407 e. The van der Waals surface area contributed by atoms with Crippen molar-refractivity contribution in [2.75, 3.05) is 19.8 Å². The molecule has 1 amide bonds. The Balaban J connectivity index is 1.54. The SMILES string of the molecule is CC(C)(C)OC(=O)NCC1(C23CCOCC2O3)CC1. The summed E-state index contributed by atoms with van der Waals surface area (Å²) in [5.74, 6) is 0. The molecule has 19 heavy (non-hydrogen) atoms. The van der Waals surface area contributed by atoms with Gasteiger partial charge in [0.1, 0.15) is 17.3 Å². The molecule has 3 rings (SSSR count). The number of rotatable bonds is 3. The van der Waals surface area contributed by atoms with Crippen LogP contribution in [0.2, 0.25) is 0 Å². The highest BCUT2D eigenvalue weighted by atomic mass is 16.6. The van der Waals surface area contributed by atoms with E-state index in [0.29, 0.717) is 13.2 Å². The summed E-state index contributed by atoms with van der Waals surface area (Å²) in [4.78, 5) is 11.7. The Morgan fingerprint density at radius 3 is 2.68 bits per heavy atom. The minimum absolute atomic E-state index is 0.0275. The number of fused-ring (bicyclic) bond motifs is 1. The number of hydrogen-bond donors (Lipinski definition) is 1. The Bertz CT molecular complexity index is 385. The van der Waals surface area contributed by atoms with E-state index < -0.39 is 5.60 Å². The highest BCUT2D eigenvalue weighted by Gasteiger charge is 2.73. The largest absolute Gasteiger partial charge is 0.444 e. The van der Waals surface area contributed by atoms with E-state index in [-0.39, 0.29) is 23.2 Å². The topological polar surface area (TPSA) is 60.1 Å². The first-order valence-corrected chi connectivity index (χ1v) is 7.09. The maximum absolute atomic E-state index is 11.7. The number of alkyl carbamates (subject to hydrolysis) is 1. The second-order valence-electron chi connectivity index (χ2n) is 6.96. The van der Waals surface area contributed by atoms with Gasteiger partial charge in [0.2, 0.25) is 0 Å². The van der Waals surface area contributed by atoms with E-state index in [4.69, 9.17) is 14.2 Å². The van der Waals surface area contributed by atoms with Crippen molar-refractivity contribution in [3.8, 4) is 0 Å². The Morgan fingerprint density at radius 1 is 1.37 bits per heavy atom. The third-order valence-corrected chi connectivity index (χ3v) is 4.42. The first-order valence-electron chi connectivity index (χ1n) is 7.09. The molecule has 0 bridgehead atoms. The molecule has 1 saturated carbocycles. The van der Waals surface area contributed by atoms with Crippen molar-refractivity contribution >= 4 is 6.09 Å². The zero-order valence-electron chi connectivity index (χ0n) is 12.0.